The molecule has 0 aliphatic heterocycles. The van der Waals surface area contributed by atoms with Crippen molar-refractivity contribution in [3.8, 4) is 17.1 Å². The van der Waals surface area contributed by atoms with Gasteiger partial charge in [0.15, 0.2) is 0 Å². The van der Waals surface area contributed by atoms with Crippen LogP contribution in [0.1, 0.15) is 36.4 Å². The summed E-state index contributed by atoms with van der Waals surface area (Å²) in [5, 5.41) is 13.3. The summed E-state index contributed by atoms with van der Waals surface area (Å²) >= 11 is 0. The maximum atomic E-state index is 15.8. The van der Waals surface area contributed by atoms with Crippen LogP contribution in [0.4, 0.5) is 4.39 Å². The lowest BCUT2D eigenvalue weighted by Crippen LogP contribution is -2.39. The van der Waals surface area contributed by atoms with Gasteiger partial charge in [0.2, 0.25) is 12.3 Å². The zero-order valence-corrected chi connectivity index (χ0v) is 23.3. The number of ether oxygens (including phenoxy) is 1. The quantitative estimate of drug-likeness (QED) is 0.129. The zero-order valence-electron chi connectivity index (χ0n) is 23.3. The molecule has 0 radical (unpaired) electrons. The van der Waals surface area contributed by atoms with Gasteiger partial charge in [-0.25, -0.2) is 9.45 Å². The van der Waals surface area contributed by atoms with Crippen LogP contribution in [0.3, 0.4) is 0 Å². The number of halogens is 1. The van der Waals surface area contributed by atoms with Crippen molar-refractivity contribution in [3.63, 3.8) is 0 Å². The minimum absolute atomic E-state index is 0.111. The van der Waals surface area contributed by atoms with E-state index in [1.807, 2.05) is 80.6 Å². The van der Waals surface area contributed by atoms with Crippen molar-refractivity contribution in [3.05, 3.63) is 107 Å². The topological polar surface area (TPSA) is 96.7 Å². The van der Waals surface area contributed by atoms with Gasteiger partial charge in [0.05, 0.1) is 43.5 Å². The molecule has 0 fully saturated rings. The Kier molecular flexibility index (Phi) is 10.2. The Balaban J connectivity index is 1.62. The maximum Gasteiger partial charge on any atom is 0.297 e. The lowest BCUT2D eigenvalue weighted by atomic mass is 9.98. The van der Waals surface area contributed by atoms with Gasteiger partial charge in [-0.15, -0.1) is 0 Å². The number of hydrogen-bond acceptors (Lipinski definition) is 5. The molecule has 8 nitrogen and oxygen atoms in total. The molecule has 1 atom stereocenters. The number of hydroxylamine groups is 2. The fourth-order valence-electron chi connectivity index (χ4n) is 4.83. The SMILES string of the molecule is CCOc1nc(CC)c(CNC(=O)C(Cc2ccccc2)CN(O)C=O)n1Cc1cccc(-c2ccccc2)c1F. The summed E-state index contributed by atoms with van der Waals surface area (Å²) in [6, 6.07) is 24.4. The number of amides is 2. The number of aryl methyl sites for hydroxylation is 1. The van der Waals surface area contributed by atoms with Crippen molar-refractivity contribution in [1.82, 2.24) is 19.9 Å². The summed E-state index contributed by atoms with van der Waals surface area (Å²) in [4.78, 5) is 29.1. The molecule has 1 aromatic heterocycles. The molecule has 1 unspecified atom stereocenters. The van der Waals surface area contributed by atoms with Crippen LogP contribution in [0.25, 0.3) is 11.1 Å². The Labute approximate surface area is 239 Å². The third-order valence-corrected chi connectivity index (χ3v) is 6.88. The van der Waals surface area contributed by atoms with Crippen LogP contribution < -0.4 is 10.1 Å². The highest BCUT2D eigenvalue weighted by Crippen LogP contribution is 2.28. The molecule has 1 heterocycles. The van der Waals surface area contributed by atoms with Crippen LogP contribution in [0, 0.1) is 11.7 Å². The summed E-state index contributed by atoms with van der Waals surface area (Å²) in [5.74, 6) is -1.36. The number of imidazole rings is 1. The van der Waals surface area contributed by atoms with E-state index in [-0.39, 0.29) is 37.8 Å². The van der Waals surface area contributed by atoms with Gasteiger partial charge >= 0.3 is 0 Å². The molecule has 2 N–H and O–H groups in total. The Morgan fingerprint density at radius 2 is 1.78 bits per heavy atom. The first-order valence-electron chi connectivity index (χ1n) is 13.7. The highest BCUT2D eigenvalue weighted by Gasteiger charge is 2.24. The number of hydrogen-bond donors (Lipinski definition) is 2. The first-order valence-corrected chi connectivity index (χ1v) is 13.7. The summed E-state index contributed by atoms with van der Waals surface area (Å²) in [6.45, 7) is 4.28. The molecule has 0 bridgehead atoms. The summed E-state index contributed by atoms with van der Waals surface area (Å²) in [5.41, 5.74) is 4.07. The van der Waals surface area contributed by atoms with Crippen LogP contribution in [0.15, 0.2) is 78.9 Å². The second kappa shape index (κ2) is 14.2. The van der Waals surface area contributed by atoms with Crippen LogP contribution >= 0.6 is 0 Å². The van der Waals surface area contributed by atoms with Crippen molar-refractivity contribution in [2.24, 2.45) is 5.92 Å². The van der Waals surface area contributed by atoms with E-state index in [1.165, 1.54) is 0 Å². The zero-order chi connectivity index (χ0) is 29.2. The van der Waals surface area contributed by atoms with Gasteiger partial charge in [0, 0.05) is 11.1 Å². The fourth-order valence-corrected chi connectivity index (χ4v) is 4.83. The molecule has 0 saturated heterocycles. The van der Waals surface area contributed by atoms with Gasteiger partial charge in [0.25, 0.3) is 6.01 Å². The minimum atomic E-state index is -0.694. The van der Waals surface area contributed by atoms with Gasteiger partial charge in [-0.1, -0.05) is 85.8 Å². The van der Waals surface area contributed by atoms with Crippen molar-refractivity contribution >= 4 is 12.3 Å². The molecule has 4 aromatic rings. The molecular formula is C32H35FN4O4. The number of rotatable bonds is 14. The van der Waals surface area contributed by atoms with Crippen molar-refractivity contribution < 1.29 is 23.9 Å². The first-order chi connectivity index (χ1) is 19.9. The van der Waals surface area contributed by atoms with E-state index in [9.17, 15) is 14.8 Å². The van der Waals surface area contributed by atoms with Crippen molar-refractivity contribution in [2.45, 2.75) is 39.8 Å². The van der Waals surface area contributed by atoms with Crippen LogP contribution in [0.5, 0.6) is 6.01 Å². The second-order valence-corrected chi connectivity index (χ2v) is 9.64. The largest absolute Gasteiger partial charge is 0.465 e. The lowest BCUT2D eigenvalue weighted by Gasteiger charge is -2.20. The van der Waals surface area contributed by atoms with Gasteiger partial charge in [-0.05, 0) is 30.9 Å². The van der Waals surface area contributed by atoms with E-state index >= 15 is 4.39 Å². The van der Waals surface area contributed by atoms with E-state index in [2.05, 4.69) is 10.3 Å². The van der Waals surface area contributed by atoms with Gasteiger partial charge in [-0.3, -0.25) is 19.4 Å². The molecule has 4 rings (SSSR count). The normalized spacial score (nSPS) is 11.6. The Morgan fingerprint density at radius 3 is 2.44 bits per heavy atom. The minimum Gasteiger partial charge on any atom is -0.465 e. The standard InChI is InChI=1S/C32H35FN4O4/c1-3-28-29(19-34-31(39)26(20-36(40)22-38)18-23-12-7-5-8-13-23)37(32(35-28)41-4-2)21-25-16-11-17-27(30(25)33)24-14-9-6-10-15-24/h5-17,22,26,40H,3-4,18-21H2,1-2H3,(H,34,39). The van der Waals surface area contributed by atoms with Gasteiger partial charge < -0.3 is 10.1 Å². The van der Waals surface area contributed by atoms with Gasteiger partial charge in [0.1, 0.15) is 5.82 Å². The average Bonchev–Trinajstić information content (AvgIpc) is 3.33. The van der Waals surface area contributed by atoms with Crippen LogP contribution in [-0.2, 0) is 35.5 Å². The third kappa shape index (κ3) is 7.37. The molecule has 3 aromatic carbocycles. The number of aromatic nitrogens is 2. The van der Waals surface area contributed by atoms with Crippen LogP contribution in [-0.4, -0.2) is 45.3 Å². The molecule has 0 saturated carbocycles. The van der Waals surface area contributed by atoms with E-state index < -0.39 is 5.92 Å². The number of nitrogens with one attached hydrogen (secondary N) is 1. The molecule has 0 aliphatic carbocycles. The van der Waals surface area contributed by atoms with E-state index in [4.69, 9.17) is 4.74 Å². The van der Waals surface area contributed by atoms with E-state index in [0.717, 1.165) is 16.8 Å². The van der Waals surface area contributed by atoms with Gasteiger partial charge in [-0.2, -0.15) is 4.98 Å². The summed E-state index contributed by atoms with van der Waals surface area (Å²) in [6.07, 6.45) is 1.19. The average molecular weight is 559 g/mol. The molecule has 2 amide bonds. The predicted octanol–water partition coefficient (Wildman–Crippen LogP) is 5.02. The second-order valence-electron chi connectivity index (χ2n) is 9.64. The molecule has 41 heavy (non-hydrogen) atoms. The summed E-state index contributed by atoms with van der Waals surface area (Å²) < 4.78 is 23.4. The van der Waals surface area contributed by atoms with E-state index in [0.29, 0.717) is 47.3 Å². The predicted molar refractivity (Wildman–Crippen MR) is 154 cm³/mol. The Hall–Kier alpha value is -4.50. The molecule has 9 heteroatoms. The Bertz CT molecular complexity index is 1440. The number of carbonyl (C=O) groups is 2. The Morgan fingerprint density at radius 1 is 1.07 bits per heavy atom. The lowest BCUT2D eigenvalue weighted by molar-refractivity contribution is -0.154. The smallest absolute Gasteiger partial charge is 0.297 e. The summed E-state index contributed by atoms with van der Waals surface area (Å²) in [7, 11) is 0. The number of carbonyl (C=O) groups excluding carboxylic acids is 2. The molecular weight excluding hydrogens is 523 g/mol. The number of benzene rings is 3. The molecule has 0 aliphatic rings. The maximum absolute atomic E-state index is 15.8. The van der Waals surface area contributed by atoms with E-state index in [1.54, 1.807) is 16.7 Å². The monoisotopic (exact) mass is 558 g/mol. The highest BCUT2D eigenvalue weighted by atomic mass is 19.1. The first kappa shape index (κ1) is 29.5. The van der Waals surface area contributed by atoms with Crippen molar-refractivity contribution in [1.29, 1.82) is 0 Å². The fraction of sp³-hybridized carbons (Fsp3) is 0.281. The molecule has 214 valence electrons. The van der Waals surface area contributed by atoms with Crippen molar-refractivity contribution in [2.75, 3.05) is 13.2 Å². The van der Waals surface area contributed by atoms with Crippen LogP contribution in [0.2, 0.25) is 0 Å². The molecule has 0 spiro atoms. The highest BCUT2D eigenvalue weighted by molar-refractivity contribution is 5.79. The number of nitrogens with zero attached hydrogens (tertiary/aromatic N) is 3. The third-order valence-electron chi connectivity index (χ3n) is 6.88.